The number of aromatic nitrogens is 2. The van der Waals surface area contributed by atoms with E-state index in [9.17, 15) is 9.59 Å². The number of aryl methyl sites for hydroxylation is 2. The molecular weight excluding hydrogens is 252 g/mol. The summed E-state index contributed by atoms with van der Waals surface area (Å²) in [5.74, 6) is -2.39. The lowest BCUT2D eigenvalue weighted by atomic mass is 10.1. The topological polar surface area (TPSA) is 72.2 Å². The zero-order chi connectivity index (χ0) is 13.4. The van der Waals surface area contributed by atoms with Crippen molar-refractivity contribution in [1.82, 2.24) is 9.55 Å². The molecule has 0 aliphatic heterocycles. The van der Waals surface area contributed by atoms with E-state index in [0.717, 1.165) is 11.1 Å². The minimum atomic E-state index is -1.34. The van der Waals surface area contributed by atoms with Gasteiger partial charge >= 0.3 is 5.97 Å². The molecule has 1 heterocycles. The van der Waals surface area contributed by atoms with E-state index in [1.54, 1.807) is 11.6 Å². The normalized spacial score (nSPS) is 12.6. The second-order valence-electron chi connectivity index (χ2n) is 4.08. The van der Waals surface area contributed by atoms with Crippen LogP contribution in [0.25, 0.3) is 11.0 Å². The Morgan fingerprint density at radius 2 is 2.11 bits per heavy atom. The molecule has 0 saturated carbocycles. The van der Waals surface area contributed by atoms with E-state index in [2.05, 4.69) is 17.6 Å². The number of thiol groups is 1. The molecule has 2 aromatic rings. The zero-order valence-electron chi connectivity index (χ0n) is 9.91. The first kappa shape index (κ1) is 12.6. The van der Waals surface area contributed by atoms with Crippen molar-refractivity contribution < 1.29 is 14.7 Å². The number of carbonyl (C=O) groups is 2. The van der Waals surface area contributed by atoms with Crippen LogP contribution in [-0.4, -0.2) is 25.7 Å². The van der Waals surface area contributed by atoms with Crippen LogP contribution in [0, 0.1) is 6.92 Å². The summed E-state index contributed by atoms with van der Waals surface area (Å²) in [6.45, 7) is 1.89. The van der Waals surface area contributed by atoms with Crippen LogP contribution in [-0.2, 0) is 16.6 Å². The number of fused-ring (bicyclic) bond motifs is 1. The summed E-state index contributed by atoms with van der Waals surface area (Å²) in [7, 11) is 1.69. The smallest absolute Gasteiger partial charge is 0.322 e. The van der Waals surface area contributed by atoms with E-state index in [-0.39, 0.29) is 5.82 Å². The molecule has 1 unspecified atom stereocenters. The number of imidazole rings is 1. The summed E-state index contributed by atoms with van der Waals surface area (Å²) in [6.07, 6.45) is 0. The standard InChI is InChI=1S/C12H12N2O3S/c1-6-4-3-5-7-9(6)13-10(14(7)2)8(11(15)16)12(17)18/h3-5,8H,1-2H3,(H,15,16)(H,17,18). The number of benzene rings is 1. The largest absolute Gasteiger partial charge is 0.480 e. The van der Waals surface area contributed by atoms with Crippen molar-refractivity contribution in [1.29, 1.82) is 0 Å². The molecule has 1 N–H and O–H groups in total. The van der Waals surface area contributed by atoms with Gasteiger partial charge in [-0.2, -0.15) is 0 Å². The summed E-state index contributed by atoms with van der Waals surface area (Å²) in [5.41, 5.74) is 2.44. The number of nitrogens with zero attached hydrogens (tertiary/aromatic N) is 2. The van der Waals surface area contributed by atoms with Crippen LogP contribution in [0.3, 0.4) is 0 Å². The Bertz CT molecular complexity index is 634. The van der Waals surface area contributed by atoms with Crippen molar-refractivity contribution in [2.45, 2.75) is 12.8 Å². The van der Waals surface area contributed by atoms with Gasteiger partial charge in [-0.1, -0.05) is 12.1 Å². The molecule has 0 fully saturated rings. The lowest BCUT2D eigenvalue weighted by Crippen LogP contribution is -2.21. The highest BCUT2D eigenvalue weighted by atomic mass is 32.1. The van der Waals surface area contributed by atoms with Gasteiger partial charge in [0.25, 0.3) is 0 Å². The molecule has 5 nitrogen and oxygen atoms in total. The van der Waals surface area contributed by atoms with Gasteiger partial charge < -0.3 is 9.67 Å². The Labute approximate surface area is 109 Å². The van der Waals surface area contributed by atoms with Gasteiger partial charge in [-0.3, -0.25) is 9.59 Å². The van der Waals surface area contributed by atoms with E-state index in [1.165, 1.54) is 0 Å². The number of carboxylic acid groups (broad SMARTS) is 1. The van der Waals surface area contributed by atoms with Gasteiger partial charge in [-0.05, 0) is 18.6 Å². The van der Waals surface area contributed by atoms with Crippen molar-refractivity contribution in [3.63, 3.8) is 0 Å². The molecule has 0 radical (unpaired) electrons. The Hall–Kier alpha value is -1.82. The number of para-hydroxylation sites is 1. The lowest BCUT2D eigenvalue weighted by molar-refractivity contribution is -0.141. The van der Waals surface area contributed by atoms with Crippen LogP contribution in [0.1, 0.15) is 17.3 Å². The maximum atomic E-state index is 11.3. The van der Waals surface area contributed by atoms with Crippen molar-refractivity contribution in [3.8, 4) is 0 Å². The fraction of sp³-hybridized carbons (Fsp3) is 0.250. The quantitative estimate of drug-likeness (QED) is 0.651. The molecule has 1 aromatic carbocycles. The minimum absolute atomic E-state index is 0.201. The summed E-state index contributed by atoms with van der Waals surface area (Å²) >= 11 is 3.63. The number of rotatable bonds is 3. The van der Waals surface area contributed by atoms with Gasteiger partial charge in [0.1, 0.15) is 5.82 Å². The first-order valence-electron chi connectivity index (χ1n) is 5.31. The third-order valence-corrected chi connectivity index (χ3v) is 3.16. The van der Waals surface area contributed by atoms with Crippen LogP contribution < -0.4 is 0 Å². The number of hydrogen-bond donors (Lipinski definition) is 2. The summed E-state index contributed by atoms with van der Waals surface area (Å²) in [4.78, 5) is 26.7. The third-order valence-electron chi connectivity index (χ3n) is 2.90. The molecule has 1 atom stereocenters. The van der Waals surface area contributed by atoms with Crippen LogP contribution in [0.2, 0.25) is 0 Å². The minimum Gasteiger partial charge on any atom is -0.480 e. The number of carbonyl (C=O) groups excluding carboxylic acids is 1. The van der Waals surface area contributed by atoms with E-state index < -0.39 is 17.0 Å². The van der Waals surface area contributed by atoms with Crippen molar-refractivity contribution in [2.24, 2.45) is 7.05 Å². The molecule has 0 bridgehead atoms. The van der Waals surface area contributed by atoms with Gasteiger partial charge in [-0.25, -0.2) is 4.98 Å². The fourth-order valence-electron chi connectivity index (χ4n) is 1.96. The van der Waals surface area contributed by atoms with Gasteiger partial charge in [0.05, 0.1) is 11.0 Å². The van der Waals surface area contributed by atoms with Gasteiger partial charge in [-0.15, -0.1) is 12.6 Å². The molecular formula is C12H12N2O3S. The second kappa shape index (κ2) is 4.45. The summed E-state index contributed by atoms with van der Waals surface area (Å²) in [5, 5.41) is 8.37. The lowest BCUT2D eigenvalue weighted by Gasteiger charge is -2.07. The van der Waals surface area contributed by atoms with E-state index >= 15 is 0 Å². The van der Waals surface area contributed by atoms with Gasteiger partial charge in [0, 0.05) is 7.05 Å². The number of aliphatic carboxylic acids is 1. The highest BCUT2D eigenvalue weighted by Gasteiger charge is 2.30. The monoisotopic (exact) mass is 264 g/mol. The Morgan fingerprint density at radius 1 is 1.44 bits per heavy atom. The summed E-state index contributed by atoms with van der Waals surface area (Å²) in [6, 6.07) is 5.58. The molecule has 0 aliphatic rings. The van der Waals surface area contributed by atoms with Crippen molar-refractivity contribution in [2.75, 3.05) is 0 Å². The maximum Gasteiger partial charge on any atom is 0.322 e. The Balaban J connectivity index is 2.72. The molecule has 18 heavy (non-hydrogen) atoms. The van der Waals surface area contributed by atoms with Crippen LogP contribution >= 0.6 is 12.6 Å². The molecule has 1 aromatic heterocycles. The molecule has 2 rings (SSSR count). The first-order chi connectivity index (χ1) is 8.43. The average molecular weight is 264 g/mol. The third kappa shape index (κ3) is 1.88. The molecule has 0 spiro atoms. The molecule has 94 valence electrons. The van der Waals surface area contributed by atoms with Crippen LogP contribution in [0.5, 0.6) is 0 Å². The van der Waals surface area contributed by atoms with Gasteiger partial charge in [0.2, 0.25) is 5.12 Å². The van der Waals surface area contributed by atoms with Gasteiger partial charge in [0.15, 0.2) is 5.92 Å². The average Bonchev–Trinajstić information content (AvgIpc) is 2.58. The highest BCUT2D eigenvalue weighted by Crippen LogP contribution is 2.24. The Kier molecular flexibility index (Phi) is 3.13. The van der Waals surface area contributed by atoms with Crippen molar-refractivity contribution >= 4 is 34.7 Å². The predicted molar refractivity (Wildman–Crippen MR) is 69.8 cm³/mol. The molecule has 0 amide bonds. The van der Waals surface area contributed by atoms with E-state index in [4.69, 9.17) is 5.11 Å². The Morgan fingerprint density at radius 3 is 2.61 bits per heavy atom. The van der Waals surface area contributed by atoms with Crippen molar-refractivity contribution in [3.05, 3.63) is 29.6 Å². The number of hydrogen-bond acceptors (Lipinski definition) is 3. The van der Waals surface area contributed by atoms with E-state index in [1.807, 2.05) is 25.1 Å². The highest BCUT2D eigenvalue weighted by molar-refractivity contribution is 7.96. The fourth-order valence-corrected chi connectivity index (χ4v) is 2.18. The zero-order valence-corrected chi connectivity index (χ0v) is 10.8. The van der Waals surface area contributed by atoms with Crippen LogP contribution in [0.4, 0.5) is 0 Å². The first-order valence-corrected chi connectivity index (χ1v) is 5.75. The predicted octanol–water partition coefficient (Wildman–Crippen LogP) is 1.51. The number of carboxylic acids is 1. The second-order valence-corrected chi connectivity index (χ2v) is 4.52. The molecule has 6 heteroatoms. The van der Waals surface area contributed by atoms with E-state index in [0.29, 0.717) is 5.52 Å². The maximum absolute atomic E-state index is 11.3. The molecule has 0 aliphatic carbocycles. The van der Waals surface area contributed by atoms with Crippen LogP contribution in [0.15, 0.2) is 18.2 Å². The SMILES string of the molecule is Cc1cccc2c1nc(C(C(=O)O)C(=O)S)n2C. The molecule has 0 saturated heterocycles. The summed E-state index contributed by atoms with van der Waals surface area (Å²) < 4.78 is 1.62.